The van der Waals surface area contributed by atoms with Gasteiger partial charge in [0.15, 0.2) is 0 Å². The quantitative estimate of drug-likeness (QED) is 0.735. The Labute approximate surface area is 138 Å². The van der Waals surface area contributed by atoms with Gasteiger partial charge in [0, 0.05) is 29.7 Å². The van der Waals surface area contributed by atoms with Gasteiger partial charge in [0.2, 0.25) is 11.8 Å². The molecule has 1 aliphatic heterocycles. The predicted octanol–water partition coefficient (Wildman–Crippen LogP) is 1.93. The summed E-state index contributed by atoms with van der Waals surface area (Å²) in [6.07, 6.45) is 1.15. The number of anilines is 1. The van der Waals surface area contributed by atoms with Crippen LogP contribution in [0.5, 0.6) is 0 Å². The van der Waals surface area contributed by atoms with E-state index in [2.05, 4.69) is 31.9 Å². The fraction of sp³-hybridized carbons (Fsp3) is 0.429. The van der Waals surface area contributed by atoms with Crippen molar-refractivity contribution in [2.75, 3.05) is 25.0 Å². The summed E-state index contributed by atoms with van der Waals surface area (Å²) in [5.41, 5.74) is 0.754. The van der Waals surface area contributed by atoms with Crippen LogP contribution in [0.2, 0.25) is 0 Å². The predicted molar refractivity (Wildman–Crippen MR) is 88.6 cm³/mol. The Morgan fingerprint density at radius 2 is 2.00 bits per heavy atom. The Morgan fingerprint density at radius 1 is 1.29 bits per heavy atom. The van der Waals surface area contributed by atoms with E-state index in [1.54, 1.807) is 0 Å². The van der Waals surface area contributed by atoms with Gasteiger partial charge in [-0.05, 0) is 37.2 Å². The van der Waals surface area contributed by atoms with E-state index < -0.39 is 0 Å². The van der Waals surface area contributed by atoms with Crippen LogP contribution < -0.4 is 16.0 Å². The smallest absolute Gasteiger partial charge is 0.226 e. The Kier molecular flexibility index (Phi) is 7.71. The van der Waals surface area contributed by atoms with E-state index in [0.717, 1.165) is 29.7 Å². The lowest BCUT2D eigenvalue weighted by atomic mass is 10.1. The number of hydrogen-bond acceptors (Lipinski definition) is 3. The normalized spacial score (nSPS) is 16.9. The number of benzene rings is 1. The molecule has 21 heavy (non-hydrogen) atoms. The molecule has 2 rings (SSSR count). The number of rotatable bonds is 5. The molecule has 3 N–H and O–H groups in total. The Bertz CT molecular complexity index is 476. The third-order valence-electron chi connectivity index (χ3n) is 3.21. The second-order valence-electron chi connectivity index (χ2n) is 4.79. The van der Waals surface area contributed by atoms with Crippen LogP contribution in [0.3, 0.4) is 0 Å². The van der Waals surface area contributed by atoms with Gasteiger partial charge in [-0.3, -0.25) is 9.59 Å². The standard InChI is InChI=1S/C14H18BrN3O2.ClH/c15-11-1-3-12(4-2-11)18-13(19)6-8-17-14(20)10-5-7-16-9-10;/h1-4,10,16H,5-9H2,(H,17,20)(H,18,19);1H. The maximum atomic E-state index is 11.7. The largest absolute Gasteiger partial charge is 0.355 e. The number of halogens is 2. The van der Waals surface area contributed by atoms with E-state index in [0.29, 0.717) is 6.54 Å². The average Bonchev–Trinajstić information content (AvgIpc) is 2.95. The molecule has 0 aromatic heterocycles. The fourth-order valence-electron chi connectivity index (χ4n) is 2.08. The van der Waals surface area contributed by atoms with Gasteiger partial charge in [-0.25, -0.2) is 0 Å². The van der Waals surface area contributed by atoms with E-state index in [1.165, 1.54) is 0 Å². The molecule has 2 amide bonds. The molecule has 0 radical (unpaired) electrons. The Hall–Kier alpha value is -1.11. The Balaban J connectivity index is 0.00000220. The summed E-state index contributed by atoms with van der Waals surface area (Å²) in [5.74, 6) is -0.0202. The van der Waals surface area contributed by atoms with E-state index in [-0.39, 0.29) is 36.6 Å². The summed E-state index contributed by atoms with van der Waals surface area (Å²) in [4.78, 5) is 23.4. The topological polar surface area (TPSA) is 70.2 Å². The fourth-order valence-corrected chi connectivity index (χ4v) is 2.34. The minimum absolute atomic E-state index is 0. The molecule has 1 aliphatic rings. The van der Waals surface area contributed by atoms with Crippen LogP contribution >= 0.6 is 28.3 Å². The molecule has 0 aliphatic carbocycles. The first-order valence-electron chi connectivity index (χ1n) is 6.69. The van der Waals surface area contributed by atoms with Crippen molar-refractivity contribution in [2.24, 2.45) is 5.92 Å². The Morgan fingerprint density at radius 3 is 2.62 bits per heavy atom. The highest BCUT2D eigenvalue weighted by Crippen LogP contribution is 2.14. The summed E-state index contributed by atoms with van der Waals surface area (Å²) in [7, 11) is 0. The van der Waals surface area contributed by atoms with E-state index in [9.17, 15) is 9.59 Å². The lowest BCUT2D eigenvalue weighted by molar-refractivity contribution is -0.124. The molecular weight excluding hydrogens is 358 g/mol. The van der Waals surface area contributed by atoms with Crippen LogP contribution in [0.1, 0.15) is 12.8 Å². The number of hydrogen-bond donors (Lipinski definition) is 3. The van der Waals surface area contributed by atoms with Crippen molar-refractivity contribution >= 4 is 45.8 Å². The highest BCUT2D eigenvalue weighted by Gasteiger charge is 2.21. The highest BCUT2D eigenvalue weighted by atomic mass is 79.9. The SMILES string of the molecule is Cl.O=C(CCNC(=O)C1CCNC1)Nc1ccc(Br)cc1. The molecule has 1 aromatic rings. The molecule has 116 valence electrons. The maximum absolute atomic E-state index is 11.7. The van der Waals surface area contributed by atoms with Crippen molar-refractivity contribution in [3.05, 3.63) is 28.7 Å². The minimum Gasteiger partial charge on any atom is -0.355 e. The number of carbonyl (C=O) groups excluding carboxylic acids is 2. The molecule has 5 nitrogen and oxygen atoms in total. The first kappa shape index (κ1) is 17.9. The maximum Gasteiger partial charge on any atom is 0.226 e. The summed E-state index contributed by atoms with van der Waals surface area (Å²) < 4.78 is 0.966. The molecule has 1 saturated heterocycles. The summed E-state index contributed by atoms with van der Waals surface area (Å²) >= 11 is 3.34. The van der Waals surface area contributed by atoms with Crippen molar-refractivity contribution in [3.8, 4) is 0 Å². The van der Waals surface area contributed by atoms with E-state index in [1.807, 2.05) is 24.3 Å². The first-order chi connectivity index (χ1) is 9.65. The van der Waals surface area contributed by atoms with Gasteiger partial charge >= 0.3 is 0 Å². The monoisotopic (exact) mass is 375 g/mol. The molecule has 1 fully saturated rings. The van der Waals surface area contributed by atoms with E-state index in [4.69, 9.17) is 0 Å². The number of amides is 2. The minimum atomic E-state index is -0.0998. The third kappa shape index (κ3) is 6.03. The zero-order chi connectivity index (χ0) is 14.4. The second kappa shape index (κ2) is 9.02. The van der Waals surface area contributed by atoms with Crippen LogP contribution in [-0.2, 0) is 9.59 Å². The molecule has 1 heterocycles. The van der Waals surface area contributed by atoms with Gasteiger partial charge in [0.25, 0.3) is 0 Å². The molecule has 0 bridgehead atoms. The third-order valence-corrected chi connectivity index (χ3v) is 3.74. The lowest BCUT2D eigenvalue weighted by Crippen LogP contribution is -2.34. The second-order valence-corrected chi connectivity index (χ2v) is 5.70. The van der Waals surface area contributed by atoms with Gasteiger partial charge in [-0.2, -0.15) is 0 Å². The molecule has 1 unspecified atom stereocenters. The summed E-state index contributed by atoms with van der Waals surface area (Å²) in [6.45, 7) is 2.00. The van der Waals surface area contributed by atoms with Gasteiger partial charge in [0.05, 0.1) is 5.92 Å². The van der Waals surface area contributed by atoms with Crippen LogP contribution in [0, 0.1) is 5.92 Å². The number of nitrogens with one attached hydrogen (secondary N) is 3. The molecule has 1 atom stereocenters. The number of carbonyl (C=O) groups is 2. The lowest BCUT2D eigenvalue weighted by Gasteiger charge is -2.10. The van der Waals surface area contributed by atoms with Crippen molar-refractivity contribution in [2.45, 2.75) is 12.8 Å². The summed E-state index contributed by atoms with van der Waals surface area (Å²) in [6, 6.07) is 7.38. The van der Waals surface area contributed by atoms with Crippen molar-refractivity contribution in [1.29, 1.82) is 0 Å². The molecule has 0 spiro atoms. The van der Waals surface area contributed by atoms with E-state index >= 15 is 0 Å². The summed E-state index contributed by atoms with van der Waals surface area (Å²) in [5, 5.41) is 8.74. The van der Waals surface area contributed by atoms with Gasteiger partial charge in [0.1, 0.15) is 0 Å². The molecular formula is C14H19BrClN3O2. The van der Waals surface area contributed by atoms with Crippen LogP contribution in [-0.4, -0.2) is 31.4 Å². The molecule has 1 aromatic carbocycles. The molecule has 0 saturated carbocycles. The van der Waals surface area contributed by atoms with Gasteiger partial charge in [-0.15, -0.1) is 12.4 Å². The van der Waals surface area contributed by atoms with Crippen LogP contribution in [0.25, 0.3) is 0 Å². The van der Waals surface area contributed by atoms with Gasteiger partial charge < -0.3 is 16.0 Å². The van der Waals surface area contributed by atoms with Crippen molar-refractivity contribution in [3.63, 3.8) is 0 Å². The first-order valence-corrected chi connectivity index (χ1v) is 7.48. The van der Waals surface area contributed by atoms with Gasteiger partial charge in [-0.1, -0.05) is 15.9 Å². The highest BCUT2D eigenvalue weighted by molar-refractivity contribution is 9.10. The zero-order valence-corrected chi connectivity index (χ0v) is 13.9. The zero-order valence-electron chi connectivity index (χ0n) is 11.5. The van der Waals surface area contributed by atoms with Crippen molar-refractivity contribution < 1.29 is 9.59 Å². The average molecular weight is 377 g/mol. The van der Waals surface area contributed by atoms with Crippen LogP contribution in [0.4, 0.5) is 5.69 Å². The molecule has 7 heteroatoms. The van der Waals surface area contributed by atoms with Crippen molar-refractivity contribution in [1.82, 2.24) is 10.6 Å². The van der Waals surface area contributed by atoms with Crippen LogP contribution in [0.15, 0.2) is 28.7 Å².